The number of benzene rings is 3. The summed E-state index contributed by atoms with van der Waals surface area (Å²) in [6.07, 6.45) is 0. The number of nitrogens with one attached hydrogen (secondary N) is 1. The Morgan fingerprint density at radius 2 is 1.77 bits per heavy atom. The number of hydrogen-bond donors (Lipinski definition) is 1. The first-order valence-corrected chi connectivity index (χ1v) is 9.34. The average molecular weight is 405 g/mol. The molecule has 4 rings (SSSR count). The summed E-state index contributed by atoms with van der Waals surface area (Å²) in [7, 11) is 3.15. The third-order valence-electron chi connectivity index (χ3n) is 4.81. The zero-order valence-electron chi connectivity index (χ0n) is 16.6. The molecule has 0 atom stereocenters. The van der Waals surface area contributed by atoms with E-state index in [2.05, 4.69) is 10.4 Å². The van der Waals surface area contributed by atoms with Gasteiger partial charge in [-0.3, -0.25) is 4.79 Å². The van der Waals surface area contributed by atoms with Crippen molar-refractivity contribution in [3.63, 3.8) is 0 Å². The van der Waals surface area contributed by atoms with Crippen LogP contribution >= 0.6 is 0 Å². The van der Waals surface area contributed by atoms with E-state index in [1.807, 2.05) is 6.07 Å². The molecule has 30 heavy (non-hydrogen) atoms. The van der Waals surface area contributed by atoms with Crippen molar-refractivity contribution < 1.29 is 13.9 Å². The topological polar surface area (TPSA) is 65.4 Å². The van der Waals surface area contributed by atoms with E-state index >= 15 is 0 Å². The number of aromatic nitrogens is 2. The van der Waals surface area contributed by atoms with Crippen LogP contribution in [-0.4, -0.2) is 23.9 Å². The highest BCUT2D eigenvalue weighted by Crippen LogP contribution is 2.25. The van der Waals surface area contributed by atoms with Gasteiger partial charge in [0.25, 0.3) is 5.56 Å². The van der Waals surface area contributed by atoms with E-state index in [0.717, 1.165) is 5.56 Å². The Morgan fingerprint density at radius 3 is 2.53 bits per heavy atom. The van der Waals surface area contributed by atoms with Gasteiger partial charge in [-0.1, -0.05) is 24.3 Å². The van der Waals surface area contributed by atoms with Gasteiger partial charge in [0.2, 0.25) is 0 Å². The molecule has 0 saturated carbocycles. The first-order valence-electron chi connectivity index (χ1n) is 9.34. The summed E-state index contributed by atoms with van der Waals surface area (Å²) in [5, 5.41) is 0.433. The van der Waals surface area contributed by atoms with Gasteiger partial charge >= 0.3 is 0 Å². The number of nitrogens with zero attached hydrogens (tertiary/aromatic N) is 2. The quantitative estimate of drug-likeness (QED) is 0.526. The van der Waals surface area contributed by atoms with E-state index in [0.29, 0.717) is 22.4 Å². The van der Waals surface area contributed by atoms with Crippen LogP contribution in [0.25, 0.3) is 22.3 Å². The van der Waals surface area contributed by atoms with Crippen LogP contribution in [0.4, 0.5) is 4.39 Å². The number of halogens is 1. The molecule has 3 aromatic carbocycles. The first-order chi connectivity index (χ1) is 14.6. The number of methoxy groups -OCH3 is 2. The van der Waals surface area contributed by atoms with Gasteiger partial charge in [0, 0.05) is 5.56 Å². The lowest BCUT2D eigenvalue weighted by Crippen LogP contribution is -2.31. The maximum atomic E-state index is 14.5. The Morgan fingerprint density at radius 1 is 1.00 bits per heavy atom. The second kappa shape index (κ2) is 8.24. The summed E-state index contributed by atoms with van der Waals surface area (Å²) in [4.78, 5) is 17.8. The van der Waals surface area contributed by atoms with Crippen molar-refractivity contribution in [2.45, 2.75) is 6.54 Å². The third kappa shape index (κ3) is 3.57. The Hall–Kier alpha value is -3.87. The molecule has 0 aliphatic carbocycles. The number of rotatable bonds is 6. The molecule has 152 valence electrons. The molecule has 0 spiro atoms. The standard InChI is InChI=1S/C23H20FN3O3/c1-29-16-11-12-21(30-2)15(13-16)14-25-27-22(17-7-3-5-9-19(17)24)26-20-10-6-4-8-18(20)23(27)28/h3-13,25H,14H2,1-2H3. The minimum atomic E-state index is -0.464. The highest BCUT2D eigenvalue weighted by Gasteiger charge is 2.16. The molecule has 0 radical (unpaired) electrons. The molecule has 0 fully saturated rings. The molecule has 0 unspecified atom stereocenters. The zero-order chi connectivity index (χ0) is 21.1. The summed E-state index contributed by atoms with van der Waals surface area (Å²) in [6, 6.07) is 18.6. The Balaban J connectivity index is 1.84. The molecule has 1 aromatic heterocycles. The van der Waals surface area contributed by atoms with Crippen LogP contribution in [-0.2, 0) is 6.54 Å². The van der Waals surface area contributed by atoms with Crippen LogP contribution in [0, 0.1) is 5.82 Å². The largest absolute Gasteiger partial charge is 0.497 e. The van der Waals surface area contributed by atoms with Crippen LogP contribution < -0.4 is 20.5 Å². The van der Waals surface area contributed by atoms with Gasteiger partial charge in [0.1, 0.15) is 17.3 Å². The van der Waals surface area contributed by atoms with Crippen LogP contribution in [0.5, 0.6) is 11.5 Å². The fourth-order valence-electron chi connectivity index (χ4n) is 3.29. The molecule has 0 amide bonds. The molecule has 1 N–H and O–H groups in total. The predicted molar refractivity (Wildman–Crippen MR) is 114 cm³/mol. The minimum absolute atomic E-state index is 0.193. The number of fused-ring (bicyclic) bond motifs is 1. The van der Waals surface area contributed by atoms with Crippen LogP contribution in [0.15, 0.2) is 71.5 Å². The fraction of sp³-hybridized carbons (Fsp3) is 0.130. The van der Waals surface area contributed by atoms with E-state index in [-0.39, 0.29) is 23.5 Å². The van der Waals surface area contributed by atoms with Gasteiger partial charge in [0.15, 0.2) is 5.82 Å². The normalized spacial score (nSPS) is 10.8. The fourth-order valence-corrected chi connectivity index (χ4v) is 3.29. The average Bonchev–Trinajstić information content (AvgIpc) is 2.78. The molecule has 4 aromatic rings. The monoisotopic (exact) mass is 405 g/mol. The summed E-state index contributed by atoms with van der Waals surface area (Å²) in [5.74, 6) is 1.02. The van der Waals surface area contributed by atoms with E-state index in [9.17, 15) is 9.18 Å². The van der Waals surface area contributed by atoms with Crippen molar-refractivity contribution in [2.24, 2.45) is 0 Å². The maximum Gasteiger partial charge on any atom is 0.280 e. The third-order valence-corrected chi connectivity index (χ3v) is 4.81. The van der Waals surface area contributed by atoms with Crippen molar-refractivity contribution in [3.05, 3.63) is 88.5 Å². The summed E-state index contributed by atoms with van der Waals surface area (Å²) >= 11 is 0. The van der Waals surface area contributed by atoms with Crippen LogP contribution in [0.3, 0.4) is 0 Å². The van der Waals surface area contributed by atoms with Crippen molar-refractivity contribution in [1.82, 2.24) is 9.66 Å². The van der Waals surface area contributed by atoms with E-state index in [1.54, 1.807) is 68.8 Å². The number of hydrogen-bond acceptors (Lipinski definition) is 5. The number of para-hydroxylation sites is 1. The van der Waals surface area contributed by atoms with Crippen molar-refractivity contribution in [2.75, 3.05) is 19.6 Å². The Bertz CT molecular complexity index is 1270. The Kier molecular flexibility index (Phi) is 5.34. The van der Waals surface area contributed by atoms with Crippen molar-refractivity contribution >= 4 is 10.9 Å². The van der Waals surface area contributed by atoms with Crippen LogP contribution in [0.2, 0.25) is 0 Å². The molecule has 0 bridgehead atoms. The van der Waals surface area contributed by atoms with E-state index < -0.39 is 5.82 Å². The van der Waals surface area contributed by atoms with Gasteiger partial charge in [-0.25, -0.2) is 14.1 Å². The minimum Gasteiger partial charge on any atom is -0.497 e. The molecule has 1 heterocycles. The molecular weight excluding hydrogens is 385 g/mol. The summed E-state index contributed by atoms with van der Waals surface area (Å²) in [6.45, 7) is 0.238. The lowest BCUT2D eigenvalue weighted by Gasteiger charge is -2.17. The number of ether oxygens (including phenoxy) is 2. The molecule has 0 saturated heterocycles. The smallest absolute Gasteiger partial charge is 0.280 e. The summed E-state index contributed by atoms with van der Waals surface area (Å²) in [5.41, 5.74) is 4.26. The molecule has 0 aliphatic heterocycles. The van der Waals surface area contributed by atoms with Gasteiger partial charge < -0.3 is 14.9 Å². The Labute approximate surface area is 172 Å². The molecule has 0 aliphatic rings. The zero-order valence-corrected chi connectivity index (χ0v) is 16.6. The van der Waals surface area contributed by atoms with Crippen LogP contribution in [0.1, 0.15) is 5.56 Å². The highest BCUT2D eigenvalue weighted by atomic mass is 19.1. The lowest BCUT2D eigenvalue weighted by molar-refractivity contribution is 0.399. The molecule has 7 heteroatoms. The van der Waals surface area contributed by atoms with Gasteiger partial charge in [0.05, 0.1) is 37.2 Å². The molecule has 6 nitrogen and oxygen atoms in total. The molecular formula is C23H20FN3O3. The summed E-state index contributed by atoms with van der Waals surface area (Å²) < 4.78 is 26.5. The second-order valence-electron chi connectivity index (χ2n) is 6.59. The second-order valence-corrected chi connectivity index (χ2v) is 6.59. The van der Waals surface area contributed by atoms with Gasteiger partial charge in [-0.2, -0.15) is 0 Å². The first kappa shape index (κ1) is 19.4. The predicted octanol–water partition coefficient (Wildman–Crippen LogP) is 3.96. The van der Waals surface area contributed by atoms with Crippen molar-refractivity contribution in [1.29, 1.82) is 0 Å². The van der Waals surface area contributed by atoms with Gasteiger partial charge in [-0.05, 0) is 42.5 Å². The highest BCUT2D eigenvalue weighted by molar-refractivity contribution is 5.79. The van der Waals surface area contributed by atoms with Crippen molar-refractivity contribution in [3.8, 4) is 22.9 Å². The lowest BCUT2D eigenvalue weighted by atomic mass is 10.1. The van der Waals surface area contributed by atoms with E-state index in [1.165, 1.54) is 10.7 Å². The van der Waals surface area contributed by atoms with Gasteiger partial charge in [-0.15, -0.1) is 0 Å². The van der Waals surface area contributed by atoms with E-state index in [4.69, 9.17) is 9.47 Å². The maximum absolute atomic E-state index is 14.5. The SMILES string of the molecule is COc1ccc(OC)c(CNn2c(-c3ccccc3F)nc3ccccc3c2=O)c1.